The molecular weight excluding hydrogens is 248 g/mol. The molecule has 1 fully saturated rings. The zero-order valence-corrected chi connectivity index (χ0v) is 11.9. The van der Waals surface area contributed by atoms with Crippen molar-refractivity contribution in [3.05, 3.63) is 35.0 Å². The molecule has 0 aromatic carbocycles. The molecular formula is C13H17BClNO2. The number of rotatable bonds is 2. The predicted molar refractivity (Wildman–Crippen MR) is 74.4 cm³/mol. The summed E-state index contributed by atoms with van der Waals surface area (Å²) in [6.07, 6.45) is 3.53. The van der Waals surface area contributed by atoms with E-state index in [2.05, 4.69) is 4.98 Å². The minimum absolute atomic E-state index is 0.316. The summed E-state index contributed by atoms with van der Waals surface area (Å²) in [4.78, 5) is 4.19. The summed E-state index contributed by atoms with van der Waals surface area (Å²) in [6, 6.07) is 3.54. The molecule has 0 atom stereocenters. The van der Waals surface area contributed by atoms with Crippen molar-refractivity contribution in [2.45, 2.75) is 38.9 Å². The zero-order valence-electron chi connectivity index (χ0n) is 11.1. The van der Waals surface area contributed by atoms with Crippen molar-refractivity contribution in [1.82, 2.24) is 4.98 Å². The van der Waals surface area contributed by atoms with Gasteiger partial charge in [-0.1, -0.05) is 17.6 Å². The summed E-state index contributed by atoms with van der Waals surface area (Å²) >= 11 is 5.89. The summed E-state index contributed by atoms with van der Waals surface area (Å²) in [5.41, 5.74) is 0.158. The first kappa shape index (κ1) is 13.6. The van der Waals surface area contributed by atoms with Gasteiger partial charge in [0.1, 0.15) is 0 Å². The van der Waals surface area contributed by atoms with E-state index < -0.39 is 0 Å². The maximum atomic E-state index is 5.89. The second-order valence-corrected chi connectivity index (χ2v) is 5.82. The monoisotopic (exact) mass is 265 g/mol. The Morgan fingerprint density at radius 3 is 2.39 bits per heavy atom. The fourth-order valence-electron chi connectivity index (χ4n) is 1.66. The number of pyridine rings is 1. The van der Waals surface area contributed by atoms with Crippen LogP contribution in [0.2, 0.25) is 5.02 Å². The van der Waals surface area contributed by atoms with E-state index in [0.29, 0.717) is 5.02 Å². The van der Waals surface area contributed by atoms with Gasteiger partial charge in [-0.2, -0.15) is 0 Å². The highest BCUT2D eigenvalue weighted by Crippen LogP contribution is 2.36. The largest absolute Gasteiger partial charge is 0.487 e. The van der Waals surface area contributed by atoms with Crippen LogP contribution < -0.4 is 0 Å². The van der Waals surface area contributed by atoms with Crippen molar-refractivity contribution in [2.75, 3.05) is 0 Å². The fraction of sp³-hybridized carbons (Fsp3) is 0.462. The van der Waals surface area contributed by atoms with Crippen LogP contribution in [0.4, 0.5) is 0 Å². The van der Waals surface area contributed by atoms with E-state index in [-0.39, 0.29) is 18.3 Å². The van der Waals surface area contributed by atoms with E-state index in [1.807, 2.05) is 39.7 Å². The maximum absolute atomic E-state index is 5.89. The third kappa shape index (κ3) is 2.77. The van der Waals surface area contributed by atoms with Gasteiger partial charge in [-0.3, -0.25) is 4.98 Å². The molecule has 18 heavy (non-hydrogen) atoms. The van der Waals surface area contributed by atoms with Gasteiger partial charge in [-0.15, -0.1) is 0 Å². The Bertz CT molecular complexity index is 458. The van der Waals surface area contributed by atoms with Crippen LogP contribution in [-0.4, -0.2) is 23.3 Å². The lowest BCUT2D eigenvalue weighted by Gasteiger charge is -2.32. The molecule has 0 amide bonds. The minimum Gasteiger partial charge on any atom is -0.400 e. The Kier molecular flexibility index (Phi) is 3.54. The summed E-state index contributed by atoms with van der Waals surface area (Å²) in [5, 5.41) is 0.665. The highest BCUT2D eigenvalue weighted by molar-refractivity contribution is 6.52. The van der Waals surface area contributed by atoms with E-state index in [9.17, 15) is 0 Å². The number of nitrogens with zero attached hydrogens (tertiary/aromatic N) is 1. The normalized spacial score (nSPS) is 21.7. The molecule has 0 aliphatic carbocycles. The molecule has 0 saturated carbocycles. The summed E-state index contributed by atoms with van der Waals surface area (Å²) in [6.45, 7) is 8.11. The SMILES string of the molecule is CC1(C)OB(/C=C/c2cc(Cl)ccn2)OC1(C)C. The average molecular weight is 266 g/mol. The van der Waals surface area contributed by atoms with Crippen LogP contribution in [0.5, 0.6) is 0 Å². The van der Waals surface area contributed by atoms with Crippen LogP contribution in [0.15, 0.2) is 24.3 Å². The van der Waals surface area contributed by atoms with Crippen LogP contribution in [0.25, 0.3) is 6.08 Å². The first-order chi connectivity index (χ1) is 8.30. The van der Waals surface area contributed by atoms with Crippen molar-refractivity contribution in [3.63, 3.8) is 0 Å². The van der Waals surface area contributed by atoms with Gasteiger partial charge >= 0.3 is 7.12 Å². The van der Waals surface area contributed by atoms with Crippen LogP contribution in [-0.2, 0) is 9.31 Å². The van der Waals surface area contributed by atoms with Crippen LogP contribution in [0.3, 0.4) is 0 Å². The molecule has 0 radical (unpaired) electrons. The van der Waals surface area contributed by atoms with Crippen LogP contribution >= 0.6 is 11.6 Å². The summed E-state index contributed by atoms with van der Waals surface area (Å²) in [7, 11) is -0.351. The van der Waals surface area contributed by atoms with E-state index in [4.69, 9.17) is 20.9 Å². The third-order valence-corrected chi connectivity index (χ3v) is 3.67. The maximum Gasteiger partial charge on any atom is 0.487 e. The van der Waals surface area contributed by atoms with Gasteiger partial charge in [-0.05, 0) is 45.9 Å². The number of halogens is 1. The molecule has 0 N–H and O–H groups in total. The van der Waals surface area contributed by atoms with E-state index in [1.54, 1.807) is 18.3 Å². The van der Waals surface area contributed by atoms with Gasteiger partial charge in [0, 0.05) is 11.2 Å². The minimum atomic E-state index is -0.351. The number of aromatic nitrogens is 1. The lowest BCUT2D eigenvalue weighted by atomic mass is 9.90. The van der Waals surface area contributed by atoms with Crippen molar-refractivity contribution < 1.29 is 9.31 Å². The lowest BCUT2D eigenvalue weighted by Crippen LogP contribution is -2.41. The highest BCUT2D eigenvalue weighted by Gasteiger charge is 2.49. The van der Waals surface area contributed by atoms with Gasteiger partial charge in [0.25, 0.3) is 0 Å². The number of hydrogen-bond donors (Lipinski definition) is 0. The Balaban J connectivity index is 2.08. The Labute approximate surface area is 113 Å². The molecule has 0 unspecified atom stereocenters. The lowest BCUT2D eigenvalue weighted by molar-refractivity contribution is 0.00578. The van der Waals surface area contributed by atoms with Crippen LogP contribution in [0, 0.1) is 0 Å². The van der Waals surface area contributed by atoms with Gasteiger partial charge < -0.3 is 9.31 Å². The Morgan fingerprint density at radius 1 is 1.22 bits per heavy atom. The summed E-state index contributed by atoms with van der Waals surface area (Å²) in [5.74, 6) is 1.86. The van der Waals surface area contributed by atoms with Crippen molar-refractivity contribution >= 4 is 24.8 Å². The summed E-state index contributed by atoms with van der Waals surface area (Å²) < 4.78 is 11.7. The van der Waals surface area contributed by atoms with Gasteiger partial charge in [0.05, 0.1) is 16.9 Å². The Morgan fingerprint density at radius 2 is 1.83 bits per heavy atom. The molecule has 1 saturated heterocycles. The Hall–Kier alpha value is -0.835. The molecule has 96 valence electrons. The van der Waals surface area contributed by atoms with Gasteiger partial charge in [-0.25, -0.2) is 0 Å². The molecule has 1 aromatic heterocycles. The molecule has 2 heterocycles. The quantitative estimate of drug-likeness (QED) is 0.768. The fourth-order valence-corrected chi connectivity index (χ4v) is 1.82. The van der Waals surface area contributed by atoms with Crippen molar-refractivity contribution in [3.8, 4) is 0 Å². The number of hydrogen-bond acceptors (Lipinski definition) is 3. The van der Waals surface area contributed by atoms with Gasteiger partial charge in [0.15, 0.2) is 0 Å². The van der Waals surface area contributed by atoms with E-state index >= 15 is 0 Å². The van der Waals surface area contributed by atoms with Gasteiger partial charge in [0.2, 0.25) is 0 Å². The molecule has 0 bridgehead atoms. The molecule has 0 spiro atoms. The van der Waals surface area contributed by atoms with E-state index in [1.165, 1.54) is 0 Å². The molecule has 1 aliphatic rings. The van der Waals surface area contributed by atoms with Crippen molar-refractivity contribution in [1.29, 1.82) is 0 Å². The molecule has 1 aliphatic heterocycles. The second kappa shape index (κ2) is 4.69. The first-order valence-electron chi connectivity index (χ1n) is 5.96. The topological polar surface area (TPSA) is 31.4 Å². The van der Waals surface area contributed by atoms with Crippen LogP contribution in [0.1, 0.15) is 33.4 Å². The molecule has 3 nitrogen and oxygen atoms in total. The second-order valence-electron chi connectivity index (χ2n) is 5.38. The zero-order chi connectivity index (χ0) is 13.4. The third-order valence-electron chi connectivity index (χ3n) is 3.44. The first-order valence-corrected chi connectivity index (χ1v) is 6.33. The molecule has 5 heteroatoms. The molecule has 1 aromatic rings. The molecule has 2 rings (SSSR count). The standard InChI is InChI=1S/C13H17BClNO2/c1-12(2)13(3,4)18-14(17-12)7-5-11-9-10(15)6-8-16-11/h5-9H,1-4H3/b7-5+. The average Bonchev–Trinajstić information content (AvgIpc) is 2.45. The van der Waals surface area contributed by atoms with E-state index in [0.717, 1.165) is 5.69 Å². The van der Waals surface area contributed by atoms with Crippen molar-refractivity contribution in [2.24, 2.45) is 0 Å². The smallest absolute Gasteiger partial charge is 0.400 e. The highest BCUT2D eigenvalue weighted by atomic mass is 35.5. The predicted octanol–water partition coefficient (Wildman–Crippen LogP) is 3.38.